The van der Waals surface area contributed by atoms with Crippen molar-refractivity contribution in [1.29, 1.82) is 0 Å². The summed E-state index contributed by atoms with van der Waals surface area (Å²) in [6, 6.07) is -0.280. The third-order valence-electron chi connectivity index (χ3n) is 3.27. The fourth-order valence-electron chi connectivity index (χ4n) is 2.48. The number of nitrogens with zero attached hydrogens (tertiary/aromatic N) is 1. The molecule has 3 atom stereocenters. The van der Waals surface area contributed by atoms with E-state index in [1.54, 1.807) is 11.8 Å². The Morgan fingerprint density at radius 1 is 1.28 bits per heavy atom. The molecule has 1 saturated heterocycles. The molecule has 18 heavy (non-hydrogen) atoms. The number of ether oxygens (including phenoxy) is 2. The van der Waals surface area contributed by atoms with E-state index in [-0.39, 0.29) is 12.0 Å². The Bertz CT molecular complexity index is 360. The minimum Gasteiger partial charge on any atom is -0.464 e. The first-order chi connectivity index (χ1) is 8.33. The van der Waals surface area contributed by atoms with Crippen LogP contribution in [0, 0.1) is 5.92 Å². The predicted molar refractivity (Wildman–Crippen MR) is 65.0 cm³/mol. The lowest BCUT2D eigenvalue weighted by molar-refractivity contribution is -0.148. The van der Waals surface area contributed by atoms with Crippen molar-refractivity contribution in [2.45, 2.75) is 58.2 Å². The van der Waals surface area contributed by atoms with Crippen molar-refractivity contribution in [1.82, 2.24) is 4.90 Å². The standard InChI is InChI=1S/C13H21NO4/c1-5-17-11(15)10-7-8-6-9(8)14(10)12(16)18-13(2,3)4/h8-10H,5-7H2,1-4H3/t8?,9?,10-/m1/s1. The lowest BCUT2D eigenvalue weighted by Crippen LogP contribution is -2.46. The normalized spacial score (nSPS) is 29.8. The van der Waals surface area contributed by atoms with Crippen LogP contribution in [0.2, 0.25) is 0 Å². The summed E-state index contributed by atoms with van der Waals surface area (Å²) < 4.78 is 10.4. The average molecular weight is 255 g/mol. The van der Waals surface area contributed by atoms with E-state index < -0.39 is 17.7 Å². The maximum absolute atomic E-state index is 12.1. The number of esters is 1. The fraction of sp³-hybridized carbons (Fsp3) is 0.846. The minimum absolute atomic E-state index is 0.175. The highest BCUT2D eigenvalue weighted by molar-refractivity contribution is 5.83. The summed E-state index contributed by atoms with van der Waals surface area (Å²) in [6.45, 7) is 7.58. The molecular formula is C13H21NO4. The molecule has 0 aromatic heterocycles. The third kappa shape index (κ3) is 2.60. The van der Waals surface area contributed by atoms with Crippen molar-refractivity contribution in [3.8, 4) is 0 Å². The lowest BCUT2D eigenvalue weighted by Gasteiger charge is -2.29. The molecule has 2 fully saturated rings. The average Bonchev–Trinajstić information content (AvgIpc) is 2.86. The summed E-state index contributed by atoms with van der Waals surface area (Å²) >= 11 is 0. The van der Waals surface area contributed by atoms with Crippen molar-refractivity contribution in [2.24, 2.45) is 5.92 Å². The number of piperidine rings is 1. The highest BCUT2D eigenvalue weighted by Gasteiger charge is 2.57. The first-order valence-corrected chi connectivity index (χ1v) is 6.51. The Morgan fingerprint density at radius 2 is 1.94 bits per heavy atom. The molecule has 0 bridgehead atoms. The van der Waals surface area contributed by atoms with Gasteiger partial charge in [-0.3, -0.25) is 4.90 Å². The largest absolute Gasteiger partial charge is 0.464 e. The Balaban J connectivity index is 2.04. The molecule has 5 nitrogen and oxygen atoms in total. The Kier molecular flexibility index (Phi) is 3.25. The molecule has 2 aliphatic rings. The van der Waals surface area contributed by atoms with Gasteiger partial charge in [0.1, 0.15) is 11.6 Å². The number of rotatable bonds is 2. The zero-order valence-electron chi connectivity index (χ0n) is 11.4. The number of likely N-dealkylation sites (tertiary alicyclic amines) is 1. The van der Waals surface area contributed by atoms with Gasteiger partial charge < -0.3 is 9.47 Å². The van der Waals surface area contributed by atoms with Gasteiger partial charge in [-0.1, -0.05) is 0 Å². The van der Waals surface area contributed by atoms with Crippen LogP contribution < -0.4 is 0 Å². The van der Waals surface area contributed by atoms with E-state index in [1.165, 1.54) is 0 Å². The molecule has 0 aromatic carbocycles. The molecule has 0 radical (unpaired) electrons. The van der Waals surface area contributed by atoms with E-state index in [9.17, 15) is 9.59 Å². The molecule has 5 heteroatoms. The fourth-order valence-corrected chi connectivity index (χ4v) is 2.48. The van der Waals surface area contributed by atoms with Gasteiger partial charge >= 0.3 is 12.1 Å². The summed E-state index contributed by atoms with van der Waals surface area (Å²) in [4.78, 5) is 25.5. The number of amides is 1. The maximum atomic E-state index is 12.1. The molecule has 2 unspecified atom stereocenters. The molecule has 1 aliphatic heterocycles. The quantitative estimate of drug-likeness (QED) is 0.708. The van der Waals surface area contributed by atoms with Gasteiger partial charge in [0.2, 0.25) is 0 Å². The minimum atomic E-state index is -0.538. The van der Waals surface area contributed by atoms with Crippen molar-refractivity contribution in [3.63, 3.8) is 0 Å². The number of hydrogen-bond donors (Lipinski definition) is 0. The smallest absolute Gasteiger partial charge is 0.411 e. The number of carbonyl (C=O) groups excluding carboxylic acids is 2. The zero-order valence-corrected chi connectivity index (χ0v) is 11.4. The van der Waals surface area contributed by atoms with Gasteiger partial charge in [-0.15, -0.1) is 0 Å². The monoisotopic (exact) mass is 255 g/mol. The molecule has 102 valence electrons. The Morgan fingerprint density at radius 3 is 2.50 bits per heavy atom. The molecule has 0 aromatic rings. The zero-order chi connectivity index (χ0) is 13.5. The van der Waals surface area contributed by atoms with Gasteiger partial charge in [0.25, 0.3) is 0 Å². The number of fused-ring (bicyclic) bond motifs is 1. The first kappa shape index (κ1) is 13.2. The SMILES string of the molecule is CCOC(=O)[C@H]1CC2CC2N1C(=O)OC(C)(C)C. The Hall–Kier alpha value is -1.26. The van der Waals surface area contributed by atoms with Crippen LogP contribution >= 0.6 is 0 Å². The second-order valence-electron chi connectivity index (χ2n) is 5.95. The van der Waals surface area contributed by atoms with Crippen molar-refractivity contribution >= 4 is 12.1 Å². The second kappa shape index (κ2) is 4.44. The van der Waals surface area contributed by atoms with Gasteiger partial charge in [0.05, 0.1) is 6.61 Å². The lowest BCUT2D eigenvalue weighted by atomic mass is 10.1. The topological polar surface area (TPSA) is 55.8 Å². The summed E-state index contributed by atoms with van der Waals surface area (Å²) in [5.74, 6) is 0.141. The van der Waals surface area contributed by atoms with Crippen LogP contribution in [-0.2, 0) is 14.3 Å². The van der Waals surface area contributed by atoms with Crippen LogP contribution in [0.15, 0.2) is 0 Å². The van der Waals surface area contributed by atoms with Crippen LogP contribution in [0.25, 0.3) is 0 Å². The first-order valence-electron chi connectivity index (χ1n) is 6.51. The van der Waals surface area contributed by atoms with Crippen LogP contribution in [0.4, 0.5) is 4.79 Å². The molecule has 2 rings (SSSR count). The van der Waals surface area contributed by atoms with Gasteiger partial charge in [-0.25, -0.2) is 9.59 Å². The summed E-state index contributed by atoms with van der Waals surface area (Å²) in [7, 11) is 0. The van der Waals surface area contributed by atoms with E-state index in [0.29, 0.717) is 18.9 Å². The molecular weight excluding hydrogens is 234 g/mol. The van der Waals surface area contributed by atoms with E-state index in [1.807, 2.05) is 20.8 Å². The summed E-state index contributed by atoms with van der Waals surface area (Å²) in [5.41, 5.74) is -0.538. The highest BCUT2D eigenvalue weighted by atomic mass is 16.6. The van der Waals surface area contributed by atoms with Gasteiger partial charge in [0.15, 0.2) is 0 Å². The van der Waals surface area contributed by atoms with Gasteiger partial charge in [-0.2, -0.15) is 0 Å². The van der Waals surface area contributed by atoms with Crippen LogP contribution in [0.1, 0.15) is 40.5 Å². The molecule has 0 N–H and O–H groups in total. The van der Waals surface area contributed by atoms with Crippen molar-refractivity contribution in [2.75, 3.05) is 6.61 Å². The van der Waals surface area contributed by atoms with Crippen LogP contribution in [0.3, 0.4) is 0 Å². The molecule has 1 saturated carbocycles. The number of hydrogen-bond acceptors (Lipinski definition) is 4. The van der Waals surface area contributed by atoms with Gasteiger partial charge in [-0.05, 0) is 46.5 Å². The highest BCUT2D eigenvalue weighted by Crippen LogP contribution is 2.48. The third-order valence-corrected chi connectivity index (χ3v) is 3.27. The van der Waals surface area contributed by atoms with E-state index >= 15 is 0 Å². The molecule has 1 aliphatic carbocycles. The van der Waals surface area contributed by atoms with Crippen molar-refractivity contribution in [3.05, 3.63) is 0 Å². The molecule has 1 heterocycles. The number of carbonyl (C=O) groups is 2. The summed E-state index contributed by atoms with van der Waals surface area (Å²) in [6.07, 6.45) is 1.29. The predicted octanol–water partition coefficient (Wildman–Crippen LogP) is 1.95. The van der Waals surface area contributed by atoms with E-state index in [0.717, 1.165) is 6.42 Å². The van der Waals surface area contributed by atoms with Crippen LogP contribution in [0.5, 0.6) is 0 Å². The molecule has 0 spiro atoms. The summed E-state index contributed by atoms with van der Waals surface area (Å²) in [5, 5.41) is 0. The van der Waals surface area contributed by atoms with E-state index in [2.05, 4.69) is 0 Å². The van der Waals surface area contributed by atoms with Crippen LogP contribution in [-0.4, -0.2) is 41.3 Å². The Labute approximate surface area is 107 Å². The molecule has 1 amide bonds. The van der Waals surface area contributed by atoms with Gasteiger partial charge in [0, 0.05) is 6.04 Å². The second-order valence-corrected chi connectivity index (χ2v) is 5.95. The van der Waals surface area contributed by atoms with Crippen molar-refractivity contribution < 1.29 is 19.1 Å². The van der Waals surface area contributed by atoms with E-state index in [4.69, 9.17) is 9.47 Å². The maximum Gasteiger partial charge on any atom is 0.411 e.